The molecule has 0 saturated heterocycles. The first-order chi connectivity index (χ1) is 11.7. The maximum absolute atomic E-state index is 11.8. The van der Waals surface area contributed by atoms with Gasteiger partial charge in [0.1, 0.15) is 0 Å². The molecule has 0 bridgehead atoms. The van der Waals surface area contributed by atoms with E-state index in [9.17, 15) is 9.90 Å². The van der Waals surface area contributed by atoms with E-state index in [4.69, 9.17) is 4.74 Å². The van der Waals surface area contributed by atoms with E-state index in [-0.39, 0.29) is 11.7 Å². The van der Waals surface area contributed by atoms with E-state index in [2.05, 4.69) is 24.4 Å². The van der Waals surface area contributed by atoms with E-state index >= 15 is 0 Å². The van der Waals surface area contributed by atoms with Gasteiger partial charge in [0.15, 0.2) is 11.5 Å². The third-order valence-electron chi connectivity index (χ3n) is 3.91. The minimum atomic E-state index is 0.0768. The maximum Gasteiger partial charge on any atom is 0.220 e. The summed E-state index contributed by atoms with van der Waals surface area (Å²) in [6.07, 6.45) is 13.1. The molecule has 1 aromatic carbocycles. The third-order valence-corrected chi connectivity index (χ3v) is 3.91. The number of carbonyl (C=O) groups is 1. The molecule has 0 aliphatic rings. The van der Waals surface area contributed by atoms with E-state index in [0.29, 0.717) is 18.7 Å². The number of phenols is 1. The highest BCUT2D eigenvalue weighted by molar-refractivity contribution is 5.75. The Morgan fingerprint density at radius 3 is 2.67 bits per heavy atom. The van der Waals surface area contributed by atoms with Crippen molar-refractivity contribution in [3.63, 3.8) is 0 Å². The van der Waals surface area contributed by atoms with Crippen LogP contribution in [0.5, 0.6) is 11.5 Å². The van der Waals surface area contributed by atoms with Crippen molar-refractivity contribution in [2.45, 2.75) is 64.8 Å². The molecular formula is C20H31NO3. The summed E-state index contributed by atoms with van der Waals surface area (Å²) in [5.74, 6) is 0.612. The lowest BCUT2D eigenvalue weighted by Gasteiger charge is -2.08. The van der Waals surface area contributed by atoms with Crippen molar-refractivity contribution in [1.82, 2.24) is 5.32 Å². The van der Waals surface area contributed by atoms with Crippen LogP contribution in [0.2, 0.25) is 0 Å². The summed E-state index contributed by atoms with van der Waals surface area (Å²) in [5, 5.41) is 12.5. The number of aromatic hydroxyl groups is 1. The lowest BCUT2D eigenvalue weighted by atomic mass is 10.1. The van der Waals surface area contributed by atoms with Crippen LogP contribution in [0, 0.1) is 0 Å². The van der Waals surface area contributed by atoms with Crippen LogP contribution in [0.3, 0.4) is 0 Å². The number of phenolic OH excluding ortho intramolecular Hbond substituents is 1. The minimum Gasteiger partial charge on any atom is -0.504 e. The molecule has 0 unspecified atom stereocenters. The van der Waals surface area contributed by atoms with Crippen molar-refractivity contribution in [1.29, 1.82) is 0 Å². The van der Waals surface area contributed by atoms with Crippen molar-refractivity contribution in [3.8, 4) is 11.5 Å². The highest BCUT2D eigenvalue weighted by atomic mass is 16.5. The Morgan fingerprint density at radius 1 is 1.17 bits per heavy atom. The number of ether oxygens (including phenoxy) is 1. The van der Waals surface area contributed by atoms with Gasteiger partial charge in [-0.1, -0.05) is 44.4 Å². The van der Waals surface area contributed by atoms with Crippen LogP contribution in [-0.2, 0) is 11.3 Å². The Balaban J connectivity index is 2.09. The van der Waals surface area contributed by atoms with Gasteiger partial charge < -0.3 is 15.2 Å². The zero-order valence-electron chi connectivity index (χ0n) is 15.0. The number of nitrogens with one attached hydrogen (secondary N) is 1. The van der Waals surface area contributed by atoms with Gasteiger partial charge >= 0.3 is 0 Å². The molecule has 0 aliphatic heterocycles. The zero-order chi connectivity index (χ0) is 17.6. The number of hydrogen-bond donors (Lipinski definition) is 2. The number of methoxy groups -OCH3 is 1. The van der Waals surface area contributed by atoms with Crippen LogP contribution in [0.4, 0.5) is 0 Å². The van der Waals surface area contributed by atoms with E-state index in [1.165, 1.54) is 32.8 Å². The van der Waals surface area contributed by atoms with Gasteiger partial charge in [-0.3, -0.25) is 4.79 Å². The molecule has 134 valence electrons. The van der Waals surface area contributed by atoms with Crippen molar-refractivity contribution >= 4 is 5.91 Å². The lowest BCUT2D eigenvalue weighted by molar-refractivity contribution is -0.121. The molecule has 4 nitrogen and oxygen atoms in total. The first kappa shape index (κ1) is 20.1. The SMILES string of the molecule is CCC=CCCCCCCCC(=O)NCc1ccc(O)c(OC)c1. The Bertz CT molecular complexity index is 512. The molecule has 0 heterocycles. The quantitative estimate of drug-likeness (QED) is 0.430. The molecule has 0 fully saturated rings. The van der Waals surface area contributed by atoms with Crippen molar-refractivity contribution in [2.75, 3.05) is 7.11 Å². The van der Waals surface area contributed by atoms with Gasteiger partial charge in [-0.25, -0.2) is 0 Å². The Kier molecular flexibility index (Phi) is 10.4. The number of benzene rings is 1. The molecule has 0 radical (unpaired) electrons. The second-order valence-electron chi connectivity index (χ2n) is 5.97. The predicted octanol–water partition coefficient (Wildman–Crippen LogP) is 4.71. The molecular weight excluding hydrogens is 302 g/mol. The molecule has 2 N–H and O–H groups in total. The van der Waals surface area contributed by atoms with Crippen LogP contribution >= 0.6 is 0 Å². The van der Waals surface area contributed by atoms with Crippen LogP contribution in [0.15, 0.2) is 30.4 Å². The monoisotopic (exact) mass is 333 g/mol. The fourth-order valence-corrected chi connectivity index (χ4v) is 2.48. The molecule has 0 aromatic heterocycles. The summed E-state index contributed by atoms with van der Waals surface area (Å²) in [6, 6.07) is 5.10. The number of allylic oxidation sites excluding steroid dienone is 2. The normalized spacial score (nSPS) is 10.9. The summed E-state index contributed by atoms with van der Waals surface area (Å²) in [5.41, 5.74) is 0.915. The topological polar surface area (TPSA) is 58.6 Å². The largest absolute Gasteiger partial charge is 0.504 e. The highest BCUT2D eigenvalue weighted by Gasteiger charge is 2.05. The van der Waals surface area contributed by atoms with Crippen LogP contribution in [0.25, 0.3) is 0 Å². The van der Waals surface area contributed by atoms with Crippen LogP contribution < -0.4 is 10.1 Å². The van der Waals surface area contributed by atoms with E-state index in [1.54, 1.807) is 18.2 Å². The van der Waals surface area contributed by atoms with E-state index in [1.807, 2.05) is 0 Å². The van der Waals surface area contributed by atoms with Crippen molar-refractivity contribution < 1.29 is 14.6 Å². The Hall–Kier alpha value is -1.97. The molecule has 1 rings (SSSR count). The number of unbranched alkanes of at least 4 members (excludes halogenated alkanes) is 5. The number of hydrogen-bond acceptors (Lipinski definition) is 3. The zero-order valence-corrected chi connectivity index (χ0v) is 15.0. The number of carbonyl (C=O) groups excluding carboxylic acids is 1. The second-order valence-corrected chi connectivity index (χ2v) is 5.97. The maximum atomic E-state index is 11.8. The molecule has 0 saturated carbocycles. The smallest absolute Gasteiger partial charge is 0.220 e. The average molecular weight is 333 g/mol. The summed E-state index contributed by atoms with van der Waals surface area (Å²) >= 11 is 0. The minimum absolute atomic E-state index is 0.0768. The van der Waals surface area contributed by atoms with E-state index in [0.717, 1.165) is 24.8 Å². The summed E-state index contributed by atoms with van der Waals surface area (Å²) in [4.78, 5) is 11.8. The van der Waals surface area contributed by atoms with Gasteiger partial charge in [-0.15, -0.1) is 0 Å². The Labute approximate surface area is 145 Å². The molecule has 1 aromatic rings. The lowest BCUT2D eigenvalue weighted by Crippen LogP contribution is -2.22. The summed E-state index contributed by atoms with van der Waals surface area (Å²) in [6.45, 7) is 2.61. The van der Waals surface area contributed by atoms with Crippen molar-refractivity contribution in [2.24, 2.45) is 0 Å². The van der Waals surface area contributed by atoms with Gasteiger partial charge in [-0.2, -0.15) is 0 Å². The van der Waals surface area contributed by atoms with Gasteiger partial charge in [-0.05, 0) is 43.4 Å². The first-order valence-electron chi connectivity index (χ1n) is 8.95. The second kappa shape index (κ2) is 12.5. The fraction of sp³-hybridized carbons (Fsp3) is 0.550. The van der Waals surface area contributed by atoms with Gasteiger partial charge in [0, 0.05) is 13.0 Å². The van der Waals surface area contributed by atoms with E-state index < -0.39 is 0 Å². The first-order valence-corrected chi connectivity index (χ1v) is 8.95. The molecule has 4 heteroatoms. The van der Waals surface area contributed by atoms with Gasteiger partial charge in [0.2, 0.25) is 5.91 Å². The van der Waals surface area contributed by atoms with Crippen LogP contribution in [0.1, 0.15) is 63.9 Å². The fourth-order valence-electron chi connectivity index (χ4n) is 2.48. The van der Waals surface area contributed by atoms with Crippen LogP contribution in [-0.4, -0.2) is 18.1 Å². The predicted molar refractivity (Wildman–Crippen MR) is 98.3 cm³/mol. The molecule has 1 amide bonds. The standard InChI is InChI=1S/C20H31NO3/c1-3-4-5-6-7-8-9-10-11-12-20(23)21-16-17-13-14-18(22)19(15-17)24-2/h4-5,13-15,22H,3,6-12,16H2,1-2H3,(H,21,23). The molecule has 24 heavy (non-hydrogen) atoms. The average Bonchev–Trinajstić information content (AvgIpc) is 2.59. The third kappa shape index (κ3) is 8.61. The molecule has 0 spiro atoms. The summed E-state index contributed by atoms with van der Waals surface area (Å²) in [7, 11) is 1.51. The molecule has 0 aliphatic carbocycles. The Morgan fingerprint density at radius 2 is 1.92 bits per heavy atom. The number of rotatable bonds is 12. The molecule has 0 atom stereocenters. The highest BCUT2D eigenvalue weighted by Crippen LogP contribution is 2.26. The van der Waals surface area contributed by atoms with Gasteiger partial charge in [0.05, 0.1) is 7.11 Å². The van der Waals surface area contributed by atoms with Gasteiger partial charge in [0.25, 0.3) is 0 Å². The van der Waals surface area contributed by atoms with Crippen molar-refractivity contribution in [3.05, 3.63) is 35.9 Å². The summed E-state index contributed by atoms with van der Waals surface area (Å²) < 4.78 is 5.06. The number of amides is 1.